The van der Waals surface area contributed by atoms with Crippen LogP contribution in [0.1, 0.15) is 0 Å². The highest BCUT2D eigenvalue weighted by atomic mass is 79.9. The summed E-state index contributed by atoms with van der Waals surface area (Å²) < 4.78 is 19.5. The molecule has 1 N–H and O–H groups in total. The summed E-state index contributed by atoms with van der Waals surface area (Å²) in [5, 5.41) is 35.2. The minimum atomic E-state index is 0.665. The van der Waals surface area contributed by atoms with Gasteiger partial charge in [0.15, 0.2) is 0 Å². The van der Waals surface area contributed by atoms with Crippen molar-refractivity contribution in [2.45, 2.75) is 0 Å². The molecular formula is C108H67BBrO4. The summed E-state index contributed by atoms with van der Waals surface area (Å²) >= 11 is 3.59. The van der Waals surface area contributed by atoms with Crippen molar-refractivity contribution in [2.24, 2.45) is 0 Å². The number of fused-ring (bicyclic) bond motifs is 18. The van der Waals surface area contributed by atoms with Gasteiger partial charge in [0.25, 0.3) is 0 Å². The Kier molecular flexibility index (Phi) is 17.1. The van der Waals surface area contributed by atoms with Gasteiger partial charge in [-0.2, -0.15) is 0 Å². The maximum Gasteiger partial charge on any atom is 0.569 e. The van der Waals surface area contributed by atoms with Gasteiger partial charge in [0.1, 0.15) is 28.1 Å². The second kappa shape index (κ2) is 28.6. The Morgan fingerprint density at radius 2 is 0.561 bits per heavy atom. The van der Waals surface area contributed by atoms with Crippen LogP contribution in [0.2, 0.25) is 0 Å². The first-order chi connectivity index (χ1) is 56.4. The predicted octanol–water partition coefficient (Wildman–Crippen LogP) is 30.6. The van der Waals surface area contributed by atoms with Gasteiger partial charge in [-0.15, -0.1) is 0 Å². The van der Waals surface area contributed by atoms with Gasteiger partial charge in [-0.05, 0) is 220 Å². The summed E-state index contributed by atoms with van der Waals surface area (Å²) in [5.74, 6) is 0.665. The highest BCUT2D eigenvalue weighted by molar-refractivity contribution is 9.10. The Hall–Kier alpha value is -14.1. The van der Waals surface area contributed by atoms with Crippen LogP contribution in [0.4, 0.5) is 0 Å². The third kappa shape index (κ3) is 11.9. The zero-order valence-electron chi connectivity index (χ0n) is 61.7. The normalized spacial score (nSPS) is 11.6. The van der Waals surface area contributed by atoms with Crippen molar-refractivity contribution in [1.82, 2.24) is 0 Å². The average Bonchev–Trinajstić information content (AvgIpc) is 1.71. The van der Waals surface area contributed by atoms with Crippen molar-refractivity contribution in [3.63, 3.8) is 0 Å². The van der Waals surface area contributed by atoms with Crippen molar-refractivity contribution < 1.29 is 18.5 Å². The molecule has 21 aromatic carbocycles. The molecule has 4 nitrogen and oxygen atoms in total. The first-order valence-electron chi connectivity index (χ1n) is 38.6. The highest BCUT2D eigenvalue weighted by Crippen LogP contribution is 2.49. The maximum absolute atomic E-state index is 9.42. The maximum atomic E-state index is 9.42. The Bertz CT molecular complexity index is 7690. The van der Waals surface area contributed by atoms with Crippen LogP contribution in [-0.4, -0.2) is 12.7 Å². The van der Waals surface area contributed by atoms with E-state index in [1.165, 1.54) is 142 Å². The second-order valence-corrected chi connectivity index (χ2v) is 30.2. The monoisotopic (exact) mass is 1520 g/mol. The summed E-state index contributed by atoms with van der Waals surface area (Å²) in [5.41, 5.74) is 20.6. The lowest BCUT2D eigenvalue weighted by Gasteiger charge is -2.19. The average molecular weight is 1520 g/mol. The van der Waals surface area contributed by atoms with Crippen LogP contribution in [0.3, 0.4) is 0 Å². The van der Waals surface area contributed by atoms with E-state index >= 15 is 0 Å². The molecular weight excluding hydrogens is 1450 g/mol. The fourth-order valence-corrected chi connectivity index (χ4v) is 18.1. The Morgan fingerprint density at radius 3 is 1.06 bits per heavy atom. The minimum absolute atomic E-state index is 0.665. The molecule has 0 amide bonds. The molecule has 23 aromatic rings. The van der Waals surface area contributed by atoms with Gasteiger partial charge in [-0.1, -0.05) is 350 Å². The molecule has 1 radical (unpaired) electrons. The summed E-state index contributed by atoms with van der Waals surface area (Å²) in [6, 6.07) is 143. The van der Waals surface area contributed by atoms with E-state index in [1.54, 1.807) is 0 Å². The summed E-state index contributed by atoms with van der Waals surface area (Å²) in [7, 11) is 0.758. The van der Waals surface area contributed by atoms with Crippen molar-refractivity contribution in [1.29, 1.82) is 0 Å². The molecule has 2 heterocycles. The lowest BCUT2D eigenvalue weighted by Crippen LogP contribution is -2.02. The van der Waals surface area contributed by atoms with E-state index in [9.17, 15) is 5.02 Å². The lowest BCUT2D eigenvalue weighted by atomic mass is 9.84. The largest absolute Gasteiger partial charge is 0.569 e. The van der Waals surface area contributed by atoms with Crippen LogP contribution in [0.15, 0.2) is 414 Å². The molecule has 0 spiro atoms. The number of para-hydroxylation sites is 1. The van der Waals surface area contributed by atoms with E-state index in [1.807, 2.05) is 48.5 Å². The lowest BCUT2D eigenvalue weighted by molar-refractivity contribution is 0.459. The van der Waals surface area contributed by atoms with Crippen LogP contribution in [-0.2, 0) is 0 Å². The number of halogens is 1. The van der Waals surface area contributed by atoms with E-state index < -0.39 is 0 Å². The highest BCUT2D eigenvalue weighted by Gasteiger charge is 2.23. The number of hydrogen-bond donors (Lipinski definition) is 1. The third-order valence-corrected chi connectivity index (χ3v) is 23.3. The fraction of sp³-hybridized carbons (Fsp3) is 0. The Labute approximate surface area is 666 Å². The summed E-state index contributed by atoms with van der Waals surface area (Å²) in [4.78, 5) is 0. The molecule has 0 bridgehead atoms. The van der Waals surface area contributed by atoms with E-state index in [4.69, 9.17) is 13.5 Å². The molecule has 114 heavy (non-hydrogen) atoms. The third-order valence-electron chi connectivity index (χ3n) is 22.8. The topological polar surface area (TPSA) is 55.7 Å². The van der Waals surface area contributed by atoms with Crippen LogP contribution in [0.25, 0.3) is 219 Å². The molecule has 0 aliphatic rings. The summed E-state index contributed by atoms with van der Waals surface area (Å²) in [6.45, 7) is 0. The molecule has 0 aliphatic heterocycles. The first-order valence-corrected chi connectivity index (χ1v) is 39.3. The SMILES string of the molecule is Brc1cccc(-c2cc3c4ccccc4oc3c3ccccc23)c1.O[B]Oc1c2ccccc2c(-c2cccc(-c3ccc4ccccc4c3)c2)c2ccccc12.c1cc(-c2ccc3ccccc3c2)cc(-c2c3ccccc3c(-c3cccc(-c4cc5c(oc6ccc7ccccc7c65)c5ccccc45)c3)c3ccccc23)c1. The molecule has 0 aliphatic carbocycles. The predicted molar refractivity (Wildman–Crippen MR) is 486 cm³/mol. The molecule has 0 saturated carbocycles. The van der Waals surface area contributed by atoms with Crippen molar-refractivity contribution in [2.75, 3.05) is 0 Å². The number of hydrogen-bond acceptors (Lipinski definition) is 4. The van der Waals surface area contributed by atoms with Crippen LogP contribution in [0, 0.1) is 0 Å². The molecule has 6 heteroatoms. The van der Waals surface area contributed by atoms with Crippen LogP contribution < -0.4 is 4.65 Å². The smallest absolute Gasteiger partial charge is 0.537 e. The zero-order valence-corrected chi connectivity index (χ0v) is 63.3. The molecule has 2 aromatic heterocycles. The molecule has 0 atom stereocenters. The molecule has 533 valence electrons. The van der Waals surface area contributed by atoms with Gasteiger partial charge >= 0.3 is 7.69 Å². The van der Waals surface area contributed by atoms with Crippen molar-refractivity contribution >= 4 is 164 Å². The van der Waals surface area contributed by atoms with Gasteiger partial charge < -0.3 is 18.5 Å². The standard InChI is InChI=1S/C56H34O.C30H20BO2.C22H13BrO/c1-2-15-37-31-39(28-27-35(37)13-1)38-16-11-18-41(32-38)53-45-22-6-8-24-47(45)54(48-25-9-7-23-46(48)53)42-19-12-17-40(33-42)50-34-51-55-43-20-4-3-14-36(43)29-30-52(55)57-56(51)49-26-10-5-21-44(49)50;32-31-33-30-27-14-5-3-12-25(27)29(26-13-4-6-15-28(26)30)24-11-7-10-22(19-24)23-17-16-20-8-1-2-9-21(20)18-23;23-15-7-5-6-14(12-15)19-13-20-17-9-3-4-11-21(17)24-22(20)18-10-2-1-8-16(18)19/h1-34H;1-19,32H;1-13H. The van der Waals surface area contributed by atoms with Gasteiger partial charge in [0.05, 0.1) is 0 Å². The zero-order chi connectivity index (χ0) is 75.7. The minimum Gasteiger partial charge on any atom is -0.537 e. The van der Waals surface area contributed by atoms with E-state index in [2.05, 4.69) is 368 Å². The number of rotatable bonds is 9. The van der Waals surface area contributed by atoms with E-state index in [-0.39, 0.29) is 0 Å². The Morgan fingerprint density at radius 1 is 0.219 bits per heavy atom. The second-order valence-electron chi connectivity index (χ2n) is 29.3. The number of furan rings is 2. The van der Waals surface area contributed by atoms with Crippen LogP contribution in [0.5, 0.6) is 5.75 Å². The van der Waals surface area contributed by atoms with Crippen molar-refractivity contribution in [3.8, 4) is 83.6 Å². The Balaban J connectivity index is 0.000000120. The van der Waals surface area contributed by atoms with Gasteiger partial charge in [0, 0.05) is 47.6 Å². The van der Waals surface area contributed by atoms with E-state index in [0.717, 1.165) is 88.7 Å². The van der Waals surface area contributed by atoms with Gasteiger partial charge in [-0.25, -0.2) is 0 Å². The van der Waals surface area contributed by atoms with Crippen LogP contribution >= 0.6 is 15.9 Å². The number of benzene rings is 21. The summed E-state index contributed by atoms with van der Waals surface area (Å²) in [6.07, 6.45) is 0. The van der Waals surface area contributed by atoms with Gasteiger partial charge in [-0.3, -0.25) is 0 Å². The first kappa shape index (κ1) is 67.9. The van der Waals surface area contributed by atoms with E-state index in [0.29, 0.717) is 5.75 Å². The molecule has 23 rings (SSSR count). The molecule has 0 unspecified atom stereocenters. The molecule has 0 fully saturated rings. The van der Waals surface area contributed by atoms with Gasteiger partial charge in [0.2, 0.25) is 0 Å². The molecule has 0 saturated heterocycles. The quantitative estimate of drug-likeness (QED) is 0.116. The fourth-order valence-electron chi connectivity index (χ4n) is 17.7. The van der Waals surface area contributed by atoms with Crippen molar-refractivity contribution in [3.05, 3.63) is 405 Å².